The zero-order valence-corrected chi connectivity index (χ0v) is 12.8. The van der Waals surface area contributed by atoms with Crippen molar-refractivity contribution in [2.45, 2.75) is 38.9 Å². The van der Waals surface area contributed by atoms with E-state index in [0.717, 1.165) is 42.0 Å². The van der Waals surface area contributed by atoms with Gasteiger partial charge in [0.1, 0.15) is 0 Å². The van der Waals surface area contributed by atoms with Crippen molar-refractivity contribution in [2.75, 3.05) is 17.6 Å². The van der Waals surface area contributed by atoms with E-state index in [1.165, 1.54) is 0 Å². The first-order valence-corrected chi connectivity index (χ1v) is 7.79. The number of hydrogen-bond donors (Lipinski definition) is 2. The number of anilines is 1. The number of rotatable bonds is 7. The van der Waals surface area contributed by atoms with Crippen LogP contribution < -0.4 is 11.1 Å². The van der Waals surface area contributed by atoms with E-state index in [1.54, 1.807) is 11.8 Å². The molecular formula is C15H24N2OS. The van der Waals surface area contributed by atoms with E-state index in [9.17, 15) is 4.79 Å². The molecule has 0 aliphatic rings. The molecular weight excluding hydrogens is 256 g/mol. The average molecular weight is 280 g/mol. The van der Waals surface area contributed by atoms with Gasteiger partial charge in [0, 0.05) is 5.69 Å². The van der Waals surface area contributed by atoms with Gasteiger partial charge in [-0.25, -0.2) is 0 Å². The Balaban J connectivity index is 2.47. The minimum Gasteiger partial charge on any atom is -0.330 e. The molecule has 0 bridgehead atoms. The highest BCUT2D eigenvalue weighted by Crippen LogP contribution is 2.19. The molecule has 4 heteroatoms. The highest BCUT2D eigenvalue weighted by molar-refractivity contribution is 8.00. The number of unbranched alkanes of at least 4 members (excludes halogenated alkanes) is 1. The summed E-state index contributed by atoms with van der Waals surface area (Å²) in [6.07, 6.45) is 2.10. The van der Waals surface area contributed by atoms with Crippen LogP contribution in [0.25, 0.3) is 0 Å². The van der Waals surface area contributed by atoms with Gasteiger partial charge in [-0.1, -0.05) is 12.1 Å². The molecule has 0 fully saturated rings. The van der Waals surface area contributed by atoms with Gasteiger partial charge in [-0.3, -0.25) is 4.79 Å². The first-order valence-electron chi connectivity index (χ1n) is 6.74. The number of amides is 1. The Morgan fingerprint density at radius 3 is 2.79 bits per heavy atom. The van der Waals surface area contributed by atoms with Crippen molar-refractivity contribution in [2.24, 2.45) is 5.73 Å². The fourth-order valence-corrected chi connectivity index (χ4v) is 2.62. The smallest absolute Gasteiger partial charge is 0.237 e. The number of nitrogens with two attached hydrogens (primary N) is 1. The van der Waals surface area contributed by atoms with Gasteiger partial charge in [0.05, 0.1) is 5.25 Å². The van der Waals surface area contributed by atoms with Crippen molar-refractivity contribution >= 4 is 23.4 Å². The van der Waals surface area contributed by atoms with E-state index in [1.807, 2.05) is 32.9 Å². The van der Waals surface area contributed by atoms with Crippen LogP contribution >= 0.6 is 11.8 Å². The Morgan fingerprint density at radius 1 is 1.37 bits per heavy atom. The van der Waals surface area contributed by atoms with E-state index < -0.39 is 0 Å². The van der Waals surface area contributed by atoms with Gasteiger partial charge in [0.15, 0.2) is 0 Å². The lowest BCUT2D eigenvalue weighted by Gasteiger charge is -2.14. The largest absolute Gasteiger partial charge is 0.330 e. The maximum absolute atomic E-state index is 12.1. The van der Waals surface area contributed by atoms with Crippen LogP contribution in [-0.2, 0) is 4.79 Å². The molecule has 0 aromatic heterocycles. The van der Waals surface area contributed by atoms with Crippen molar-refractivity contribution < 1.29 is 4.79 Å². The molecule has 0 radical (unpaired) electrons. The van der Waals surface area contributed by atoms with Gasteiger partial charge in [0.25, 0.3) is 0 Å². The van der Waals surface area contributed by atoms with Crippen LogP contribution in [0.4, 0.5) is 5.69 Å². The Morgan fingerprint density at radius 2 is 2.11 bits per heavy atom. The first kappa shape index (κ1) is 16.1. The lowest BCUT2D eigenvalue weighted by atomic mass is 10.1. The number of nitrogens with one attached hydrogen (secondary N) is 1. The second kappa shape index (κ2) is 8.23. The molecule has 3 N–H and O–H groups in total. The predicted molar refractivity (Wildman–Crippen MR) is 84.8 cm³/mol. The molecule has 0 aliphatic carbocycles. The molecule has 1 amide bonds. The average Bonchev–Trinajstić information content (AvgIpc) is 2.38. The van der Waals surface area contributed by atoms with E-state index in [2.05, 4.69) is 11.4 Å². The quantitative estimate of drug-likeness (QED) is 0.755. The van der Waals surface area contributed by atoms with Gasteiger partial charge in [0.2, 0.25) is 5.91 Å². The summed E-state index contributed by atoms with van der Waals surface area (Å²) in [7, 11) is 0. The number of aryl methyl sites for hydroxylation is 2. The van der Waals surface area contributed by atoms with Crippen LogP contribution in [0.1, 0.15) is 30.9 Å². The third kappa shape index (κ3) is 5.66. The summed E-state index contributed by atoms with van der Waals surface area (Å²) in [6.45, 7) is 6.71. The monoisotopic (exact) mass is 280 g/mol. The zero-order chi connectivity index (χ0) is 14.3. The molecule has 1 aromatic carbocycles. The molecule has 106 valence electrons. The predicted octanol–water partition coefficient (Wildman–Crippen LogP) is 3.10. The Kier molecular flexibility index (Phi) is 6.95. The summed E-state index contributed by atoms with van der Waals surface area (Å²) in [5, 5.41) is 2.98. The lowest BCUT2D eigenvalue weighted by Crippen LogP contribution is -2.23. The summed E-state index contributed by atoms with van der Waals surface area (Å²) in [6, 6.07) is 6.10. The van der Waals surface area contributed by atoms with Crippen molar-refractivity contribution in [3.8, 4) is 0 Å². The number of benzene rings is 1. The molecule has 0 heterocycles. The topological polar surface area (TPSA) is 55.1 Å². The molecule has 0 saturated heterocycles. The third-order valence-electron chi connectivity index (χ3n) is 2.99. The molecule has 0 saturated carbocycles. The van der Waals surface area contributed by atoms with Crippen molar-refractivity contribution in [3.05, 3.63) is 29.3 Å². The van der Waals surface area contributed by atoms with Gasteiger partial charge in [-0.2, -0.15) is 0 Å². The van der Waals surface area contributed by atoms with Crippen LogP contribution in [0.15, 0.2) is 18.2 Å². The highest BCUT2D eigenvalue weighted by atomic mass is 32.2. The molecule has 0 spiro atoms. The second-order valence-corrected chi connectivity index (χ2v) is 6.27. The molecule has 1 unspecified atom stereocenters. The summed E-state index contributed by atoms with van der Waals surface area (Å²) >= 11 is 1.69. The second-order valence-electron chi connectivity index (χ2n) is 4.82. The number of carbonyl (C=O) groups is 1. The van der Waals surface area contributed by atoms with Crippen molar-refractivity contribution in [1.82, 2.24) is 0 Å². The minimum atomic E-state index is -0.0299. The van der Waals surface area contributed by atoms with E-state index in [0.29, 0.717) is 0 Å². The Hall–Kier alpha value is -1.00. The maximum atomic E-state index is 12.1. The SMILES string of the molecule is Cc1ccc(C)c(NC(=O)C(C)SCCCCN)c1. The van der Waals surface area contributed by atoms with Crippen LogP contribution in [0.5, 0.6) is 0 Å². The Bertz CT molecular complexity index is 421. The molecule has 1 aromatic rings. The van der Waals surface area contributed by atoms with Gasteiger partial charge in [-0.05, 0) is 63.1 Å². The van der Waals surface area contributed by atoms with Gasteiger partial charge in [-0.15, -0.1) is 11.8 Å². The number of hydrogen-bond acceptors (Lipinski definition) is 3. The normalized spacial score (nSPS) is 12.2. The number of thioether (sulfide) groups is 1. The van der Waals surface area contributed by atoms with E-state index in [-0.39, 0.29) is 11.2 Å². The van der Waals surface area contributed by atoms with Gasteiger partial charge >= 0.3 is 0 Å². The number of carbonyl (C=O) groups excluding carboxylic acids is 1. The lowest BCUT2D eigenvalue weighted by molar-refractivity contribution is -0.115. The summed E-state index contributed by atoms with van der Waals surface area (Å²) < 4.78 is 0. The van der Waals surface area contributed by atoms with Gasteiger partial charge < -0.3 is 11.1 Å². The van der Waals surface area contributed by atoms with Crippen LogP contribution in [0, 0.1) is 13.8 Å². The zero-order valence-electron chi connectivity index (χ0n) is 12.0. The third-order valence-corrected chi connectivity index (χ3v) is 4.22. The van der Waals surface area contributed by atoms with E-state index in [4.69, 9.17) is 5.73 Å². The van der Waals surface area contributed by atoms with Crippen LogP contribution in [0.2, 0.25) is 0 Å². The minimum absolute atomic E-state index is 0.0299. The fourth-order valence-electron chi connectivity index (χ4n) is 1.69. The molecule has 19 heavy (non-hydrogen) atoms. The molecule has 1 atom stereocenters. The molecule has 1 rings (SSSR count). The highest BCUT2D eigenvalue weighted by Gasteiger charge is 2.14. The van der Waals surface area contributed by atoms with Crippen LogP contribution in [0.3, 0.4) is 0 Å². The van der Waals surface area contributed by atoms with Crippen molar-refractivity contribution in [3.63, 3.8) is 0 Å². The summed E-state index contributed by atoms with van der Waals surface area (Å²) in [5.74, 6) is 1.06. The molecule has 0 aliphatic heterocycles. The standard InChI is InChI=1S/C15H24N2OS/c1-11-6-7-12(2)14(10-11)17-15(18)13(3)19-9-5-4-8-16/h6-7,10,13H,4-5,8-9,16H2,1-3H3,(H,17,18). The fraction of sp³-hybridized carbons (Fsp3) is 0.533. The maximum Gasteiger partial charge on any atom is 0.237 e. The van der Waals surface area contributed by atoms with Crippen molar-refractivity contribution in [1.29, 1.82) is 0 Å². The summed E-state index contributed by atoms with van der Waals surface area (Å²) in [5.41, 5.74) is 8.62. The summed E-state index contributed by atoms with van der Waals surface area (Å²) in [4.78, 5) is 12.1. The first-order chi connectivity index (χ1) is 9.04. The van der Waals surface area contributed by atoms with Crippen LogP contribution in [-0.4, -0.2) is 23.5 Å². The van der Waals surface area contributed by atoms with E-state index >= 15 is 0 Å². The Labute approximate surface area is 120 Å². The molecule has 3 nitrogen and oxygen atoms in total.